The lowest BCUT2D eigenvalue weighted by molar-refractivity contribution is 0.319. The molecule has 0 bridgehead atoms. The molecule has 5 rings (SSSR count). The standard InChI is InChI=1S/C22H20N8O/c1-13(22-26-25-21-7-6-19(14(2)28-31)27-30(21)22)15-4-5-20-16(8-15)9-17(10-23-20)18-11-24-29(3)12-18/h4-13,31H,1-3H3/b28-14+. The third-order valence-corrected chi connectivity index (χ3v) is 5.44. The van der Waals surface area contributed by atoms with Crippen LogP contribution in [0.3, 0.4) is 0 Å². The molecular formula is C22H20N8O. The average Bonchev–Trinajstić information content (AvgIpc) is 3.43. The average molecular weight is 412 g/mol. The molecule has 1 atom stereocenters. The molecule has 4 aromatic heterocycles. The van der Waals surface area contributed by atoms with Gasteiger partial charge in [0.1, 0.15) is 11.4 Å². The molecule has 0 saturated carbocycles. The summed E-state index contributed by atoms with van der Waals surface area (Å²) in [5.74, 6) is 0.647. The predicted molar refractivity (Wildman–Crippen MR) is 116 cm³/mol. The van der Waals surface area contributed by atoms with E-state index in [1.165, 1.54) is 0 Å². The van der Waals surface area contributed by atoms with E-state index in [0.29, 0.717) is 22.9 Å². The second-order valence-corrected chi connectivity index (χ2v) is 7.53. The molecule has 5 aromatic rings. The number of hydrogen-bond donors (Lipinski definition) is 1. The number of aryl methyl sites for hydroxylation is 1. The molecule has 154 valence electrons. The minimum Gasteiger partial charge on any atom is -0.411 e. The summed E-state index contributed by atoms with van der Waals surface area (Å²) in [5, 5.41) is 30.7. The Balaban J connectivity index is 1.57. The summed E-state index contributed by atoms with van der Waals surface area (Å²) in [4.78, 5) is 4.60. The maximum atomic E-state index is 9.07. The van der Waals surface area contributed by atoms with Crippen LogP contribution in [0.2, 0.25) is 0 Å². The van der Waals surface area contributed by atoms with Gasteiger partial charge in [0, 0.05) is 41.9 Å². The molecule has 0 aliphatic rings. The molecule has 31 heavy (non-hydrogen) atoms. The molecule has 4 heterocycles. The highest BCUT2D eigenvalue weighted by molar-refractivity contribution is 5.96. The molecule has 1 aromatic carbocycles. The molecule has 0 spiro atoms. The van der Waals surface area contributed by atoms with E-state index >= 15 is 0 Å². The first-order valence-corrected chi connectivity index (χ1v) is 9.83. The van der Waals surface area contributed by atoms with Gasteiger partial charge >= 0.3 is 0 Å². The third-order valence-electron chi connectivity index (χ3n) is 5.44. The minimum absolute atomic E-state index is 0.0597. The topological polar surface area (TPSA) is 106 Å². The summed E-state index contributed by atoms with van der Waals surface area (Å²) in [6, 6.07) is 11.9. The number of aromatic nitrogens is 7. The van der Waals surface area contributed by atoms with Gasteiger partial charge < -0.3 is 5.21 Å². The Hall–Kier alpha value is -4.14. The van der Waals surface area contributed by atoms with Crippen LogP contribution in [0.5, 0.6) is 0 Å². The van der Waals surface area contributed by atoms with Crippen LogP contribution >= 0.6 is 0 Å². The van der Waals surface area contributed by atoms with Crippen LogP contribution in [0.4, 0.5) is 0 Å². The van der Waals surface area contributed by atoms with Gasteiger partial charge in [0.05, 0.1) is 11.7 Å². The molecule has 0 radical (unpaired) electrons. The maximum Gasteiger partial charge on any atom is 0.177 e. The van der Waals surface area contributed by atoms with E-state index in [4.69, 9.17) is 5.21 Å². The first-order chi connectivity index (χ1) is 15.0. The fourth-order valence-corrected chi connectivity index (χ4v) is 3.62. The highest BCUT2D eigenvalue weighted by Crippen LogP contribution is 2.28. The van der Waals surface area contributed by atoms with Gasteiger partial charge in [0.2, 0.25) is 0 Å². The summed E-state index contributed by atoms with van der Waals surface area (Å²) in [6.07, 6.45) is 5.67. The van der Waals surface area contributed by atoms with Crippen molar-refractivity contribution in [1.82, 2.24) is 34.6 Å². The van der Waals surface area contributed by atoms with Crippen molar-refractivity contribution in [3.63, 3.8) is 0 Å². The zero-order chi connectivity index (χ0) is 21.5. The third kappa shape index (κ3) is 3.29. The van der Waals surface area contributed by atoms with Crippen molar-refractivity contribution in [2.45, 2.75) is 19.8 Å². The van der Waals surface area contributed by atoms with Crippen LogP contribution in [0.15, 0.2) is 60.1 Å². The molecule has 1 unspecified atom stereocenters. The number of oxime groups is 1. The maximum absolute atomic E-state index is 9.07. The molecule has 0 fully saturated rings. The number of pyridine rings is 1. The summed E-state index contributed by atoms with van der Waals surface area (Å²) >= 11 is 0. The highest BCUT2D eigenvalue weighted by Gasteiger charge is 2.18. The Kier molecular flexibility index (Phi) is 4.43. The van der Waals surface area contributed by atoms with Gasteiger partial charge in [-0.1, -0.05) is 18.1 Å². The van der Waals surface area contributed by atoms with Crippen LogP contribution in [-0.4, -0.2) is 45.5 Å². The zero-order valence-corrected chi connectivity index (χ0v) is 17.3. The van der Waals surface area contributed by atoms with E-state index < -0.39 is 0 Å². The van der Waals surface area contributed by atoms with Crippen LogP contribution < -0.4 is 0 Å². The van der Waals surface area contributed by atoms with Crippen LogP contribution in [0.1, 0.15) is 36.8 Å². The van der Waals surface area contributed by atoms with Gasteiger partial charge in [-0.2, -0.15) is 14.7 Å². The fourth-order valence-electron chi connectivity index (χ4n) is 3.62. The first kappa shape index (κ1) is 18.9. The van der Waals surface area contributed by atoms with E-state index in [9.17, 15) is 0 Å². The summed E-state index contributed by atoms with van der Waals surface area (Å²) in [6.45, 7) is 3.76. The number of hydrogen-bond acceptors (Lipinski definition) is 7. The molecule has 0 aliphatic heterocycles. The summed E-state index contributed by atoms with van der Waals surface area (Å²) in [5.41, 5.74) is 5.66. The van der Waals surface area contributed by atoms with Gasteiger partial charge in [-0.3, -0.25) is 9.67 Å². The fraction of sp³-hybridized carbons (Fsp3) is 0.182. The molecule has 9 nitrogen and oxygen atoms in total. The normalized spacial score (nSPS) is 13.2. The lowest BCUT2D eigenvalue weighted by Gasteiger charge is -2.11. The van der Waals surface area contributed by atoms with Crippen molar-refractivity contribution in [3.8, 4) is 11.1 Å². The van der Waals surface area contributed by atoms with Crippen molar-refractivity contribution in [2.75, 3.05) is 0 Å². The zero-order valence-electron chi connectivity index (χ0n) is 17.3. The SMILES string of the molecule is C/C(=N\O)c1ccc2nnc(C(C)c3ccc4ncc(-c5cnn(C)c5)cc4c3)n2n1. The van der Waals surface area contributed by atoms with Gasteiger partial charge in [0.25, 0.3) is 0 Å². The van der Waals surface area contributed by atoms with E-state index in [1.54, 1.807) is 22.2 Å². The van der Waals surface area contributed by atoms with E-state index in [1.807, 2.05) is 37.8 Å². The van der Waals surface area contributed by atoms with Crippen molar-refractivity contribution in [1.29, 1.82) is 0 Å². The largest absolute Gasteiger partial charge is 0.411 e. The molecule has 0 amide bonds. The molecule has 1 N–H and O–H groups in total. The number of nitrogens with zero attached hydrogens (tertiary/aromatic N) is 8. The Labute approximate surface area is 177 Å². The van der Waals surface area contributed by atoms with E-state index in [-0.39, 0.29) is 5.92 Å². The minimum atomic E-state index is -0.0597. The van der Waals surface area contributed by atoms with Gasteiger partial charge in [-0.15, -0.1) is 10.2 Å². The Bertz CT molecular complexity index is 1450. The van der Waals surface area contributed by atoms with Crippen molar-refractivity contribution >= 4 is 22.3 Å². The monoisotopic (exact) mass is 412 g/mol. The van der Waals surface area contributed by atoms with Crippen molar-refractivity contribution in [2.24, 2.45) is 12.2 Å². The van der Waals surface area contributed by atoms with Crippen molar-refractivity contribution < 1.29 is 5.21 Å². The van der Waals surface area contributed by atoms with Crippen LogP contribution in [0, 0.1) is 0 Å². The Morgan fingerprint density at radius 2 is 1.94 bits per heavy atom. The van der Waals surface area contributed by atoms with E-state index in [2.05, 4.69) is 55.7 Å². The molecule has 0 aliphatic carbocycles. The van der Waals surface area contributed by atoms with Crippen LogP contribution in [0.25, 0.3) is 27.7 Å². The lowest BCUT2D eigenvalue weighted by Crippen LogP contribution is -2.09. The first-order valence-electron chi connectivity index (χ1n) is 9.83. The van der Waals surface area contributed by atoms with Crippen molar-refractivity contribution in [3.05, 3.63) is 72.1 Å². The van der Waals surface area contributed by atoms with Gasteiger partial charge in [0.15, 0.2) is 11.5 Å². The predicted octanol–water partition coefficient (Wildman–Crippen LogP) is 3.42. The molecule has 9 heteroatoms. The smallest absolute Gasteiger partial charge is 0.177 e. The lowest BCUT2D eigenvalue weighted by atomic mass is 9.98. The number of rotatable bonds is 4. The van der Waals surface area contributed by atoms with E-state index in [0.717, 1.165) is 27.6 Å². The van der Waals surface area contributed by atoms with Gasteiger partial charge in [-0.05, 0) is 42.8 Å². The second-order valence-electron chi connectivity index (χ2n) is 7.53. The Morgan fingerprint density at radius 3 is 2.71 bits per heavy atom. The second kappa shape index (κ2) is 7.28. The highest BCUT2D eigenvalue weighted by atomic mass is 16.4. The Morgan fingerprint density at radius 1 is 1.06 bits per heavy atom. The van der Waals surface area contributed by atoms with Gasteiger partial charge in [-0.25, -0.2) is 0 Å². The summed E-state index contributed by atoms with van der Waals surface area (Å²) in [7, 11) is 1.90. The molecular weight excluding hydrogens is 392 g/mol. The quantitative estimate of drug-likeness (QED) is 0.275. The number of benzene rings is 1. The van der Waals surface area contributed by atoms with Crippen LogP contribution in [-0.2, 0) is 7.05 Å². The number of fused-ring (bicyclic) bond motifs is 2. The summed E-state index contributed by atoms with van der Waals surface area (Å²) < 4.78 is 3.47. The molecule has 0 saturated heterocycles.